The Balaban J connectivity index is 1.81. The van der Waals surface area contributed by atoms with E-state index in [1.54, 1.807) is 7.11 Å². The molecule has 1 aliphatic rings. The fourth-order valence-electron chi connectivity index (χ4n) is 3.40. The molecular weight excluding hydrogens is 342 g/mol. The third kappa shape index (κ3) is 6.94. The zero-order valence-electron chi connectivity index (χ0n) is 17.0. The number of aliphatic hydroxyl groups is 1. The molecule has 0 aliphatic heterocycles. The van der Waals surface area contributed by atoms with Crippen molar-refractivity contribution in [1.82, 2.24) is 10.6 Å². The highest BCUT2D eigenvalue weighted by Gasteiger charge is 2.30. The van der Waals surface area contributed by atoms with Crippen molar-refractivity contribution in [2.75, 3.05) is 33.4 Å². The number of benzene rings is 1. The van der Waals surface area contributed by atoms with Crippen LogP contribution in [0.15, 0.2) is 23.2 Å². The highest BCUT2D eigenvalue weighted by molar-refractivity contribution is 5.79. The van der Waals surface area contributed by atoms with Gasteiger partial charge in [0, 0.05) is 13.1 Å². The Morgan fingerprint density at radius 2 is 1.96 bits per heavy atom. The summed E-state index contributed by atoms with van der Waals surface area (Å²) >= 11 is 0. The van der Waals surface area contributed by atoms with Gasteiger partial charge in [-0.2, -0.15) is 0 Å². The molecule has 0 heterocycles. The minimum Gasteiger partial charge on any atom is -0.493 e. The molecule has 6 heteroatoms. The molecule has 0 aromatic heterocycles. The number of rotatable bonds is 10. The van der Waals surface area contributed by atoms with Crippen LogP contribution in [0.1, 0.15) is 51.5 Å². The number of guanidine groups is 1. The minimum absolute atomic E-state index is 0.471. The predicted octanol–water partition coefficient (Wildman–Crippen LogP) is 2.89. The van der Waals surface area contributed by atoms with E-state index < -0.39 is 5.60 Å². The van der Waals surface area contributed by atoms with Gasteiger partial charge in [0.25, 0.3) is 0 Å². The molecule has 0 atom stereocenters. The van der Waals surface area contributed by atoms with E-state index in [0.29, 0.717) is 13.2 Å². The number of aryl methyl sites for hydroxylation is 1. The van der Waals surface area contributed by atoms with E-state index >= 15 is 0 Å². The van der Waals surface area contributed by atoms with Crippen molar-refractivity contribution in [3.63, 3.8) is 0 Å². The van der Waals surface area contributed by atoms with Crippen LogP contribution in [0.25, 0.3) is 0 Å². The largest absolute Gasteiger partial charge is 0.493 e. The van der Waals surface area contributed by atoms with Crippen LogP contribution in [0, 0.1) is 0 Å². The zero-order chi connectivity index (χ0) is 19.5. The molecule has 1 fully saturated rings. The fourth-order valence-corrected chi connectivity index (χ4v) is 3.40. The fraction of sp³-hybridized carbons (Fsp3) is 0.667. The van der Waals surface area contributed by atoms with Crippen LogP contribution in [0.2, 0.25) is 0 Å². The molecule has 1 aliphatic carbocycles. The molecule has 6 nitrogen and oxygen atoms in total. The first-order chi connectivity index (χ1) is 13.1. The number of nitrogens with one attached hydrogen (secondary N) is 2. The molecule has 3 N–H and O–H groups in total. The van der Waals surface area contributed by atoms with Crippen molar-refractivity contribution in [3.05, 3.63) is 23.8 Å². The van der Waals surface area contributed by atoms with E-state index in [0.717, 1.165) is 69.1 Å². The summed E-state index contributed by atoms with van der Waals surface area (Å²) in [7, 11) is 1.66. The minimum atomic E-state index is -0.610. The van der Waals surface area contributed by atoms with Crippen LogP contribution in [0.3, 0.4) is 0 Å². The molecular formula is C21H35N3O3. The Labute approximate surface area is 163 Å². The molecule has 0 unspecified atom stereocenters. The smallest absolute Gasteiger partial charge is 0.191 e. The number of nitrogens with zero attached hydrogens (tertiary/aromatic N) is 1. The van der Waals surface area contributed by atoms with Crippen LogP contribution in [0.5, 0.6) is 11.5 Å². The Kier molecular flexibility index (Phi) is 8.72. The van der Waals surface area contributed by atoms with Crippen LogP contribution in [-0.2, 0) is 6.42 Å². The lowest BCUT2D eigenvalue weighted by Gasteiger charge is -2.20. The van der Waals surface area contributed by atoms with Gasteiger partial charge in [-0.25, -0.2) is 0 Å². The van der Waals surface area contributed by atoms with Crippen molar-refractivity contribution in [2.24, 2.45) is 4.99 Å². The quantitative estimate of drug-likeness (QED) is 0.332. The lowest BCUT2D eigenvalue weighted by molar-refractivity contribution is 0.0574. The van der Waals surface area contributed by atoms with Crippen LogP contribution in [0.4, 0.5) is 0 Å². The predicted molar refractivity (Wildman–Crippen MR) is 110 cm³/mol. The summed E-state index contributed by atoms with van der Waals surface area (Å²) in [5.41, 5.74) is 0.615. The molecule has 27 heavy (non-hydrogen) atoms. The van der Waals surface area contributed by atoms with E-state index in [1.807, 2.05) is 19.9 Å². The molecule has 0 saturated heterocycles. The highest BCUT2D eigenvalue weighted by atomic mass is 16.5. The standard InChI is InChI=1S/C21H35N3O3/c1-4-22-20(24-16-21(25)12-6-7-13-21)23-14-8-9-17-10-11-18(26-3)19(15-17)27-5-2/h10-11,15,25H,4-9,12-14,16H2,1-3H3,(H2,22,23,24). The first-order valence-corrected chi connectivity index (χ1v) is 10.1. The third-order valence-electron chi connectivity index (χ3n) is 4.87. The average molecular weight is 378 g/mol. The summed E-state index contributed by atoms with van der Waals surface area (Å²) in [6, 6.07) is 6.09. The van der Waals surface area contributed by atoms with Gasteiger partial charge in [0.2, 0.25) is 0 Å². The van der Waals surface area contributed by atoms with E-state index in [9.17, 15) is 5.11 Å². The van der Waals surface area contributed by atoms with E-state index in [4.69, 9.17) is 9.47 Å². The molecule has 0 spiro atoms. The van der Waals surface area contributed by atoms with Gasteiger partial charge >= 0.3 is 0 Å². The number of ether oxygens (including phenoxy) is 2. The highest BCUT2D eigenvalue weighted by Crippen LogP contribution is 2.29. The second-order valence-corrected chi connectivity index (χ2v) is 7.08. The number of hydrogen-bond donors (Lipinski definition) is 3. The lowest BCUT2D eigenvalue weighted by Crippen LogP contribution is -2.39. The lowest BCUT2D eigenvalue weighted by atomic mass is 10.0. The SMILES string of the molecule is CCNC(=NCC1(O)CCCC1)NCCCc1ccc(OC)c(OCC)c1. The summed E-state index contributed by atoms with van der Waals surface area (Å²) in [6.45, 7) is 6.74. The summed E-state index contributed by atoms with van der Waals surface area (Å²) in [5, 5.41) is 17.1. The van der Waals surface area contributed by atoms with E-state index in [1.165, 1.54) is 5.56 Å². The Bertz CT molecular complexity index is 598. The molecule has 1 aromatic rings. The maximum atomic E-state index is 10.5. The molecule has 2 rings (SSSR count). The summed E-state index contributed by atoms with van der Waals surface area (Å²) in [6.07, 6.45) is 5.83. The molecule has 0 bridgehead atoms. The van der Waals surface area contributed by atoms with Crippen LogP contribution in [-0.4, -0.2) is 50.0 Å². The maximum Gasteiger partial charge on any atom is 0.191 e. The van der Waals surface area contributed by atoms with Crippen molar-refractivity contribution in [3.8, 4) is 11.5 Å². The van der Waals surface area contributed by atoms with Crippen molar-refractivity contribution >= 4 is 5.96 Å². The second kappa shape index (κ2) is 11.0. The number of aliphatic imine (C=N–C) groups is 1. The van der Waals surface area contributed by atoms with Crippen molar-refractivity contribution in [1.29, 1.82) is 0 Å². The van der Waals surface area contributed by atoms with Gasteiger partial charge in [0.15, 0.2) is 17.5 Å². The monoisotopic (exact) mass is 377 g/mol. The number of methoxy groups -OCH3 is 1. The maximum absolute atomic E-state index is 10.5. The zero-order valence-corrected chi connectivity index (χ0v) is 17.0. The third-order valence-corrected chi connectivity index (χ3v) is 4.87. The molecule has 1 aromatic carbocycles. The van der Waals surface area contributed by atoms with Crippen molar-refractivity contribution < 1.29 is 14.6 Å². The summed E-state index contributed by atoms with van der Waals surface area (Å²) in [5.74, 6) is 2.35. The normalized spacial score (nSPS) is 16.2. The second-order valence-electron chi connectivity index (χ2n) is 7.08. The first kappa shape index (κ1) is 21.4. The van der Waals surface area contributed by atoms with Gasteiger partial charge in [-0.05, 0) is 57.2 Å². The van der Waals surface area contributed by atoms with Crippen molar-refractivity contribution in [2.45, 2.75) is 58.0 Å². The Morgan fingerprint density at radius 3 is 2.63 bits per heavy atom. The van der Waals surface area contributed by atoms with Gasteiger partial charge in [-0.1, -0.05) is 18.9 Å². The topological polar surface area (TPSA) is 75.1 Å². The first-order valence-electron chi connectivity index (χ1n) is 10.1. The number of hydrogen-bond acceptors (Lipinski definition) is 4. The summed E-state index contributed by atoms with van der Waals surface area (Å²) in [4.78, 5) is 4.58. The average Bonchev–Trinajstić information content (AvgIpc) is 3.10. The van der Waals surface area contributed by atoms with Gasteiger partial charge in [0.1, 0.15) is 0 Å². The molecule has 152 valence electrons. The van der Waals surface area contributed by atoms with Gasteiger partial charge in [0.05, 0.1) is 25.9 Å². The van der Waals surface area contributed by atoms with Gasteiger partial charge in [-0.15, -0.1) is 0 Å². The van der Waals surface area contributed by atoms with Crippen LogP contribution < -0.4 is 20.1 Å². The van der Waals surface area contributed by atoms with Gasteiger partial charge < -0.3 is 25.2 Å². The molecule has 0 amide bonds. The van der Waals surface area contributed by atoms with E-state index in [2.05, 4.69) is 27.8 Å². The molecule has 1 saturated carbocycles. The Hall–Kier alpha value is -1.95. The Morgan fingerprint density at radius 1 is 1.19 bits per heavy atom. The summed E-state index contributed by atoms with van der Waals surface area (Å²) < 4.78 is 11.0. The van der Waals surface area contributed by atoms with Gasteiger partial charge in [-0.3, -0.25) is 4.99 Å². The molecule has 0 radical (unpaired) electrons. The van der Waals surface area contributed by atoms with Crippen LogP contribution >= 0.6 is 0 Å². The van der Waals surface area contributed by atoms with E-state index in [-0.39, 0.29) is 0 Å².